The van der Waals surface area contributed by atoms with Crippen LogP contribution in [0.4, 0.5) is 0 Å². The SMILES string of the molecule is Cc1ncsc1CNCc1nc[nH]c1C. The van der Waals surface area contributed by atoms with E-state index in [9.17, 15) is 0 Å². The molecular weight excluding hydrogens is 208 g/mol. The summed E-state index contributed by atoms with van der Waals surface area (Å²) in [5, 5.41) is 3.36. The Kier molecular flexibility index (Phi) is 3.13. The quantitative estimate of drug-likeness (QED) is 0.829. The number of aromatic nitrogens is 3. The Labute approximate surface area is 92.8 Å². The van der Waals surface area contributed by atoms with Crippen molar-refractivity contribution in [3.8, 4) is 0 Å². The molecule has 2 N–H and O–H groups in total. The Hall–Kier alpha value is -1.20. The molecule has 0 saturated heterocycles. The molecule has 0 atom stereocenters. The van der Waals surface area contributed by atoms with Gasteiger partial charge in [-0.3, -0.25) is 0 Å². The Balaban J connectivity index is 1.86. The van der Waals surface area contributed by atoms with Gasteiger partial charge in [0.1, 0.15) is 0 Å². The molecule has 4 nitrogen and oxygen atoms in total. The van der Waals surface area contributed by atoms with E-state index in [1.165, 1.54) is 4.88 Å². The second-order valence-electron chi connectivity index (χ2n) is 3.44. The lowest BCUT2D eigenvalue weighted by atomic mass is 10.3. The number of thiazole rings is 1. The van der Waals surface area contributed by atoms with Crippen LogP contribution in [0.2, 0.25) is 0 Å². The van der Waals surface area contributed by atoms with Crippen molar-refractivity contribution in [2.45, 2.75) is 26.9 Å². The number of hydrogen-bond donors (Lipinski definition) is 2. The summed E-state index contributed by atoms with van der Waals surface area (Å²) in [6.07, 6.45) is 1.73. The van der Waals surface area contributed by atoms with Crippen molar-refractivity contribution in [3.05, 3.63) is 33.8 Å². The van der Waals surface area contributed by atoms with E-state index in [0.29, 0.717) is 0 Å². The zero-order valence-corrected chi connectivity index (χ0v) is 9.69. The van der Waals surface area contributed by atoms with Gasteiger partial charge in [0.2, 0.25) is 0 Å². The molecule has 0 aliphatic heterocycles. The molecule has 0 bridgehead atoms. The average molecular weight is 222 g/mol. The zero-order valence-electron chi connectivity index (χ0n) is 8.87. The lowest BCUT2D eigenvalue weighted by Gasteiger charge is -2.01. The van der Waals surface area contributed by atoms with Gasteiger partial charge in [-0.2, -0.15) is 0 Å². The van der Waals surface area contributed by atoms with Crippen molar-refractivity contribution in [3.63, 3.8) is 0 Å². The average Bonchev–Trinajstić information content (AvgIpc) is 2.78. The van der Waals surface area contributed by atoms with Gasteiger partial charge in [0.25, 0.3) is 0 Å². The normalized spacial score (nSPS) is 10.8. The van der Waals surface area contributed by atoms with Crippen LogP contribution in [0.1, 0.15) is 22.0 Å². The summed E-state index contributed by atoms with van der Waals surface area (Å²) in [7, 11) is 0. The van der Waals surface area contributed by atoms with Crippen LogP contribution in [0, 0.1) is 13.8 Å². The third kappa shape index (κ3) is 2.43. The van der Waals surface area contributed by atoms with Crippen LogP contribution >= 0.6 is 11.3 Å². The summed E-state index contributed by atoms with van der Waals surface area (Å²) < 4.78 is 0. The van der Waals surface area contributed by atoms with Gasteiger partial charge in [-0.25, -0.2) is 9.97 Å². The van der Waals surface area contributed by atoms with Gasteiger partial charge in [0.05, 0.1) is 23.2 Å². The van der Waals surface area contributed by atoms with E-state index in [0.717, 1.165) is 30.2 Å². The summed E-state index contributed by atoms with van der Waals surface area (Å²) in [5.74, 6) is 0. The van der Waals surface area contributed by atoms with E-state index in [1.807, 2.05) is 19.4 Å². The highest BCUT2D eigenvalue weighted by atomic mass is 32.1. The number of nitrogens with one attached hydrogen (secondary N) is 2. The molecule has 0 aliphatic rings. The first kappa shape index (κ1) is 10.3. The minimum Gasteiger partial charge on any atom is -0.348 e. The van der Waals surface area contributed by atoms with Gasteiger partial charge < -0.3 is 10.3 Å². The van der Waals surface area contributed by atoms with Crippen LogP contribution in [0.25, 0.3) is 0 Å². The molecular formula is C10H14N4S. The van der Waals surface area contributed by atoms with Gasteiger partial charge in [0, 0.05) is 23.7 Å². The van der Waals surface area contributed by atoms with Crippen LogP contribution in [0.15, 0.2) is 11.8 Å². The van der Waals surface area contributed by atoms with Gasteiger partial charge in [-0.1, -0.05) is 0 Å². The van der Waals surface area contributed by atoms with E-state index in [4.69, 9.17) is 0 Å². The monoisotopic (exact) mass is 222 g/mol. The van der Waals surface area contributed by atoms with E-state index in [2.05, 4.69) is 20.3 Å². The molecule has 0 radical (unpaired) electrons. The van der Waals surface area contributed by atoms with Gasteiger partial charge in [0.15, 0.2) is 0 Å². The second kappa shape index (κ2) is 4.55. The molecule has 2 aromatic rings. The molecule has 0 fully saturated rings. The molecule has 0 aliphatic carbocycles. The maximum atomic E-state index is 4.23. The third-order valence-corrected chi connectivity index (χ3v) is 3.29. The molecule has 0 aromatic carbocycles. The summed E-state index contributed by atoms with van der Waals surface area (Å²) in [6, 6.07) is 0. The van der Waals surface area contributed by atoms with E-state index in [-0.39, 0.29) is 0 Å². The molecule has 0 spiro atoms. The standard InChI is InChI=1S/C10H14N4S/c1-7-9(13-5-12-7)3-11-4-10-8(2)14-6-15-10/h5-6,11H,3-4H2,1-2H3,(H,12,13). The first-order valence-electron chi connectivity index (χ1n) is 4.86. The molecule has 0 amide bonds. The molecule has 2 rings (SSSR count). The maximum absolute atomic E-state index is 4.23. The predicted molar refractivity (Wildman–Crippen MR) is 60.7 cm³/mol. The molecule has 2 aromatic heterocycles. The molecule has 2 heterocycles. The first-order chi connectivity index (χ1) is 7.27. The van der Waals surface area contributed by atoms with Gasteiger partial charge in [-0.15, -0.1) is 11.3 Å². The van der Waals surface area contributed by atoms with Crippen molar-refractivity contribution in [1.29, 1.82) is 0 Å². The fourth-order valence-corrected chi connectivity index (χ4v) is 2.10. The van der Waals surface area contributed by atoms with Crippen LogP contribution in [-0.2, 0) is 13.1 Å². The van der Waals surface area contributed by atoms with Crippen LogP contribution in [-0.4, -0.2) is 15.0 Å². The van der Waals surface area contributed by atoms with Crippen molar-refractivity contribution in [2.75, 3.05) is 0 Å². The molecule has 80 valence electrons. The highest BCUT2D eigenvalue weighted by Gasteiger charge is 2.02. The van der Waals surface area contributed by atoms with Gasteiger partial charge in [-0.05, 0) is 13.8 Å². The number of H-pyrrole nitrogens is 1. The fraction of sp³-hybridized carbons (Fsp3) is 0.400. The summed E-state index contributed by atoms with van der Waals surface area (Å²) >= 11 is 1.69. The lowest BCUT2D eigenvalue weighted by molar-refractivity contribution is 0.682. The van der Waals surface area contributed by atoms with Crippen molar-refractivity contribution in [2.24, 2.45) is 0 Å². The topological polar surface area (TPSA) is 53.6 Å². The Bertz CT molecular complexity index is 392. The number of imidazole rings is 1. The number of aromatic amines is 1. The van der Waals surface area contributed by atoms with E-state index < -0.39 is 0 Å². The molecule has 15 heavy (non-hydrogen) atoms. The van der Waals surface area contributed by atoms with Crippen LogP contribution in [0.3, 0.4) is 0 Å². The predicted octanol–water partition coefficient (Wildman–Crippen LogP) is 1.77. The number of rotatable bonds is 4. The third-order valence-electron chi connectivity index (χ3n) is 2.36. The minimum absolute atomic E-state index is 0.798. The minimum atomic E-state index is 0.798. The Morgan fingerprint density at radius 2 is 2.20 bits per heavy atom. The molecule has 5 heteroatoms. The smallest absolute Gasteiger partial charge is 0.0925 e. The number of nitrogens with zero attached hydrogens (tertiary/aromatic N) is 2. The number of hydrogen-bond acceptors (Lipinski definition) is 4. The highest BCUT2D eigenvalue weighted by Crippen LogP contribution is 2.11. The Morgan fingerprint density at radius 3 is 2.80 bits per heavy atom. The van der Waals surface area contributed by atoms with Crippen LogP contribution < -0.4 is 5.32 Å². The summed E-state index contributed by atoms with van der Waals surface area (Å²) in [5.41, 5.74) is 5.21. The second-order valence-corrected chi connectivity index (χ2v) is 4.38. The van der Waals surface area contributed by atoms with E-state index >= 15 is 0 Å². The molecule has 0 saturated carbocycles. The van der Waals surface area contributed by atoms with Crippen molar-refractivity contribution < 1.29 is 0 Å². The summed E-state index contributed by atoms with van der Waals surface area (Å²) in [6.45, 7) is 5.73. The van der Waals surface area contributed by atoms with Gasteiger partial charge >= 0.3 is 0 Å². The summed E-state index contributed by atoms with van der Waals surface area (Å²) in [4.78, 5) is 12.8. The van der Waals surface area contributed by atoms with Crippen molar-refractivity contribution >= 4 is 11.3 Å². The van der Waals surface area contributed by atoms with Crippen molar-refractivity contribution in [1.82, 2.24) is 20.3 Å². The Morgan fingerprint density at radius 1 is 1.33 bits per heavy atom. The maximum Gasteiger partial charge on any atom is 0.0925 e. The largest absolute Gasteiger partial charge is 0.348 e. The van der Waals surface area contributed by atoms with E-state index in [1.54, 1.807) is 17.7 Å². The number of aryl methyl sites for hydroxylation is 2. The lowest BCUT2D eigenvalue weighted by Crippen LogP contribution is -2.13. The first-order valence-corrected chi connectivity index (χ1v) is 5.74. The van der Waals surface area contributed by atoms with Crippen LogP contribution in [0.5, 0.6) is 0 Å². The molecule has 0 unspecified atom stereocenters. The highest BCUT2D eigenvalue weighted by molar-refractivity contribution is 7.09. The zero-order chi connectivity index (χ0) is 10.7. The fourth-order valence-electron chi connectivity index (χ4n) is 1.36.